The smallest absolute Gasteiger partial charge is 0.227 e. The zero-order chi connectivity index (χ0) is 20.8. The van der Waals surface area contributed by atoms with Crippen LogP contribution >= 0.6 is 24.0 Å². The fourth-order valence-corrected chi connectivity index (χ4v) is 4.06. The lowest BCUT2D eigenvalue weighted by Crippen LogP contribution is -2.40. The van der Waals surface area contributed by atoms with Crippen molar-refractivity contribution in [2.45, 2.75) is 38.6 Å². The standard InChI is InChI=1S/C24H30N4O2.HI/c1-2-25-24(27-17-19-13-15-30-22-7-4-3-6-21(19)22)26-16-18-9-11-20(12-10-18)28-14-5-8-23(28)29;/h3-4,6-7,9-12,19H,2,5,8,13-17H2,1H3,(H2,25,26,27);1H. The lowest BCUT2D eigenvalue weighted by atomic mass is 9.93. The molecule has 166 valence electrons. The molecular formula is C24H31IN4O2. The van der Waals surface area contributed by atoms with E-state index in [9.17, 15) is 4.79 Å². The van der Waals surface area contributed by atoms with E-state index in [0.29, 0.717) is 18.9 Å². The predicted molar refractivity (Wildman–Crippen MR) is 136 cm³/mol. The lowest BCUT2D eigenvalue weighted by Gasteiger charge is -2.26. The lowest BCUT2D eigenvalue weighted by molar-refractivity contribution is -0.117. The predicted octanol–water partition coefficient (Wildman–Crippen LogP) is 4.05. The van der Waals surface area contributed by atoms with Gasteiger partial charge in [-0.25, -0.2) is 4.99 Å². The van der Waals surface area contributed by atoms with E-state index in [2.05, 4.69) is 41.8 Å². The fourth-order valence-electron chi connectivity index (χ4n) is 4.06. The average molecular weight is 534 g/mol. The van der Waals surface area contributed by atoms with E-state index in [1.54, 1.807) is 0 Å². The molecule has 1 unspecified atom stereocenters. The molecule has 0 spiro atoms. The molecule has 2 heterocycles. The van der Waals surface area contributed by atoms with Gasteiger partial charge in [-0.15, -0.1) is 24.0 Å². The molecule has 1 saturated heterocycles. The number of hydrogen-bond acceptors (Lipinski definition) is 3. The van der Waals surface area contributed by atoms with Gasteiger partial charge in [0, 0.05) is 37.7 Å². The Morgan fingerprint density at radius 2 is 1.97 bits per heavy atom. The van der Waals surface area contributed by atoms with Crippen molar-refractivity contribution in [3.05, 3.63) is 59.7 Å². The topological polar surface area (TPSA) is 66.0 Å². The van der Waals surface area contributed by atoms with Gasteiger partial charge in [0.1, 0.15) is 5.75 Å². The number of nitrogens with zero attached hydrogens (tertiary/aromatic N) is 2. The number of amides is 1. The molecule has 2 aromatic rings. The van der Waals surface area contributed by atoms with Crippen molar-refractivity contribution in [1.82, 2.24) is 10.6 Å². The Labute approximate surface area is 201 Å². The molecule has 0 bridgehead atoms. The Morgan fingerprint density at radius 3 is 2.71 bits per heavy atom. The molecule has 7 heteroatoms. The quantitative estimate of drug-likeness (QED) is 0.334. The molecule has 4 rings (SSSR count). The van der Waals surface area contributed by atoms with Crippen LogP contribution < -0.4 is 20.3 Å². The number of ether oxygens (including phenoxy) is 1. The SMILES string of the molecule is CCNC(=NCc1ccc(N2CCCC2=O)cc1)NCC1CCOc2ccccc21.I. The minimum absolute atomic E-state index is 0. The van der Waals surface area contributed by atoms with Gasteiger partial charge in [-0.05, 0) is 49.1 Å². The first-order valence-electron chi connectivity index (χ1n) is 10.9. The maximum atomic E-state index is 11.9. The highest BCUT2D eigenvalue weighted by molar-refractivity contribution is 14.0. The van der Waals surface area contributed by atoms with E-state index in [1.165, 1.54) is 5.56 Å². The summed E-state index contributed by atoms with van der Waals surface area (Å²) in [5.74, 6) is 2.44. The number of hydrogen-bond donors (Lipinski definition) is 2. The van der Waals surface area contributed by atoms with Crippen LogP contribution in [0.3, 0.4) is 0 Å². The van der Waals surface area contributed by atoms with Gasteiger partial charge in [-0.2, -0.15) is 0 Å². The summed E-state index contributed by atoms with van der Waals surface area (Å²) in [6, 6.07) is 16.4. The minimum Gasteiger partial charge on any atom is -0.493 e. The summed E-state index contributed by atoms with van der Waals surface area (Å²) in [6.07, 6.45) is 2.60. The van der Waals surface area contributed by atoms with Crippen LogP contribution in [0.15, 0.2) is 53.5 Å². The van der Waals surface area contributed by atoms with Crippen molar-refractivity contribution in [3.63, 3.8) is 0 Å². The first-order chi connectivity index (χ1) is 14.7. The van der Waals surface area contributed by atoms with Crippen molar-refractivity contribution >= 4 is 41.5 Å². The number of fused-ring (bicyclic) bond motifs is 1. The first-order valence-corrected chi connectivity index (χ1v) is 10.9. The molecule has 0 aliphatic carbocycles. The number of anilines is 1. The Balaban J connectivity index is 0.00000272. The van der Waals surface area contributed by atoms with E-state index in [0.717, 1.165) is 62.0 Å². The van der Waals surface area contributed by atoms with Crippen molar-refractivity contribution in [3.8, 4) is 5.75 Å². The summed E-state index contributed by atoms with van der Waals surface area (Å²) in [5.41, 5.74) is 3.37. The van der Waals surface area contributed by atoms with Gasteiger partial charge in [-0.3, -0.25) is 4.79 Å². The van der Waals surface area contributed by atoms with E-state index in [1.807, 2.05) is 29.2 Å². The Kier molecular flexibility index (Phi) is 8.57. The fraction of sp³-hybridized carbons (Fsp3) is 0.417. The molecule has 6 nitrogen and oxygen atoms in total. The normalized spacial score (nSPS) is 18.1. The molecule has 0 aromatic heterocycles. The molecule has 2 aliphatic heterocycles. The molecule has 2 aromatic carbocycles. The van der Waals surface area contributed by atoms with Crippen LogP contribution in [0, 0.1) is 0 Å². The number of carbonyl (C=O) groups is 1. The number of aliphatic imine (C=N–C) groups is 1. The van der Waals surface area contributed by atoms with E-state index in [4.69, 9.17) is 9.73 Å². The molecule has 1 amide bonds. The van der Waals surface area contributed by atoms with Gasteiger partial charge in [0.05, 0.1) is 13.2 Å². The number of para-hydroxylation sites is 1. The molecule has 0 saturated carbocycles. The molecule has 1 fully saturated rings. The zero-order valence-electron chi connectivity index (χ0n) is 18.0. The third-order valence-electron chi connectivity index (χ3n) is 5.68. The number of nitrogens with one attached hydrogen (secondary N) is 2. The van der Waals surface area contributed by atoms with Crippen molar-refractivity contribution < 1.29 is 9.53 Å². The van der Waals surface area contributed by atoms with Crippen LogP contribution in [-0.4, -0.2) is 38.1 Å². The Bertz CT molecular complexity index is 901. The van der Waals surface area contributed by atoms with Crippen LogP contribution in [0.5, 0.6) is 5.75 Å². The zero-order valence-corrected chi connectivity index (χ0v) is 20.3. The van der Waals surface area contributed by atoms with Gasteiger partial charge in [0.25, 0.3) is 0 Å². The highest BCUT2D eigenvalue weighted by Gasteiger charge is 2.22. The average Bonchev–Trinajstić information content (AvgIpc) is 3.22. The summed E-state index contributed by atoms with van der Waals surface area (Å²) in [4.78, 5) is 18.5. The highest BCUT2D eigenvalue weighted by atomic mass is 127. The molecule has 0 radical (unpaired) electrons. The molecule has 31 heavy (non-hydrogen) atoms. The van der Waals surface area contributed by atoms with Crippen LogP contribution in [0.2, 0.25) is 0 Å². The van der Waals surface area contributed by atoms with Crippen LogP contribution in [0.1, 0.15) is 43.2 Å². The maximum absolute atomic E-state index is 11.9. The second-order valence-corrected chi connectivity index (χ2v) is 7.76. The van der Waals surface area contributed by atoms with Gasteiger partial charge in [0.2, 0.25) is 5.91 Å². The van der Waals surface area contributed by atoms with Gasteiger partial charge in [-0.1, -0.05) is 30.3 Å². The van der Waals surface area contributed by atoms with Crippen LogP contribution in [0.25, 0.3) is 0 Å². The second-order valence-electron chi connectivity index (χ2n) is 7.76. The van der Waals surface area contributed by atoms with Gasteiger partial charge < -0.3 is 20.3 Å². The number of rotatable bonds is 6. The largest absolute Gasteiger partial charge is 0.493 e. The van der Waals surface area contributed by atoms with Crippen molar-refractivity contribution in [2.24, 2.45) is 4.99 Å². The number of benzene rings is 2. The summed E-state index contributed by atoms with van der Waals surface area (Å²) in [5, 5.41) is 6.83. The van der Waals surface area contributed by atoms with E-state index < -0.39 is 0 Å². The van der Waals surface area contributed by atoms with E-state index >= 15 is 0 Å². The Hall–Kier alpha value is -2.29. The molecule has 2 aliphatic rings. The first kappa shape index (κ1) is 23.4. The summed E-state index contributed by atoms with van der Waals surface area (Å²) in [6.45, 7) is 5.87. The van der Waals surface area contributed by atoms with Crippen LogP contribution in [-0.2, 0) is 11.3 Å². The van der Waals surface area contributed by atoms with Gasteiger partial charge in [0.15, 0.2) is 5.96 Å². The Morgan fingerprint density at radius 1 is 1.16 bits per heavy atom. The molecule has 2 N–H and O–H groups in total. The van der Waals surface area contributed by atoms with E-state index in [-0.39, 0.29) is 29.9 Å². The van der Waals surface area contributed by atoms with Crippen molar-refractivity contribution in [1.29, 1.82) is 0 Å². The molecular weight excluding hydrogens is 503 g/mol. The second kappa shape index (κ2) is 11.4. The summed E-state index contributed by atoms with van der Waals surface area (Å²) < 4.78 is 5.77. The summed E-state index contributed by atoms with van der Waals surface area (Å²) >= 11 is 0. The minimum atomic E-state index is 0. The summed E-state index contributed by atoms with van der Waals surface area (Å²) in [7, 11) is 0. The van der Waals surface area contributed by atoms with Crippen LogP contribution in [0.4, 0.5) is 5.69 Å². The number of halogens is 1. The number of carbonyl (C=O) groups excluding carboxylic acids is 1. The van der Waals surface area contributed by atoms with Crippen molar-refractivity contribution in [2.75, 3.05) is 31.1 Å². The monoisotopic (exact) mass is 534 g/mol. The maximum Gasteiger partial charge on any atom is 0.227 e. The van der Waals surface area contributed by atoms with Gasteiger partial charge >= 0.3 is 0 Å². The highest BCUT2D eigenvalue weighted by Crippen LogP contribution is 2.32. The number of guanidine groups is 1. The molecule has 1 atom stereocenters. The third-order valence-corrected chi connectivity index (χ3v) is 5.68. The third kappa shape index (κ3) is 5.90.